The monoisotopic (exact) mass is 1430 g/mol. The van der Waals surface area contributed by atoms with Crippen LogP contribution in [0, 0.1) is 23.6 Å². The summed E-state index contributed by atoms with van der Waals surface area (Å²) in [6.45, 7) is 9.92. The molecular weight excluding hydrogens is 1320 g/mol. The fraction of sp³-hybridized carbons (Fsp3) is 0.743. The molecule has 1 aromatic carbocycles. The minimum absolute atomic E-state index is 0.00522. The van der Waals surface area contributed by atoms with E-state index in [-0.39, 0.29) is 112 Å². The predicted molar refractivity (Wildman–Crippen MR) is 366 cm³/mol. The van der Waals surface area contributed by atoms with Crippen LogP contribution in [0.5, 0.6) is 0 Å². The standard InChI is InChI=1S/C70H108F4N12O13S/c1-15-34-99-39-54-64(94)79(9)38-55(87)75-50(28-26-45-25-27-48(49(71)36-45)70(72,73)74)63(93)85-32-21-24-51(85)61(91)77-69(30-19-20-31-69)68(98)84(14)59(46-22-17-18-23-46)67(97)81(11)47(37-56(88)78(7)8)40-100-41-57(89)82(12)53(35-42(3)4)60(90)76-58(43(5)16-2)66(96)80(10)44(6)62(92)86-33-29-52(86)65(95)83(54)13/h25,27,36,42-44,46-47,50-54,58-59H,15-24,26,28-35,37-41H2,1-14H3,(H,75,87)(H,76,90)(H,77,91)/t43-,44-,47+,50-,51-,52-,53-,54-,58-,59-/m0/s1. The van der Waals surface area contributed by atoms with E-state index in [9.17, 15) is 51.5 Å². The summed E-state index contributed by atoms with van der Waals surface area (Å²) in [7, 11) is 11.8. The Balaban J connectivity index is 1.40. The van der Waals surface area contributed by atoms with Gasteiger partial charge in [-0.2, -0.15) is 13.2 Å². The molecule has 1 aromatic rings. The number of hydrogen-bond acceptors (Lipinski definition) is 14. The van der Waals surface area contributed by atoms with Crippen LogP contribution < -0.4 is 16.0 Å². The highest BCUT2D eigenvalue weighted by Gasteiger charge is 2.52. The number of benzene rings is 1. The number of rotatable bonds is 14. The molecule has 12 amide bonds. The Kier molecular flexibility index (Phi) is 29.6. The van der Waals surface area contributed by atoms with Gasteiger partial charge in [0.15, 0.2) is 0 Å². The molecule has 5 aliphatic rings. The Labute approximate surface area is 590 Å². The number of fused-ring (bicyclic) bond motifs is 2. The van der Waals surface area contributed by atoms with E-state index in [4.69, 9.17) is 4.74 Å². The summed E-state index contributed by atoms with van der Waals surface area (Å²) in [6, 6.07) is -8.21. The zero-order valence-corrected chi connectivity index (χ0v) is 61.7. The lowest BCUT2D eigenvalue weighted by Crippen LogP contribution is -2.65. The van der Waals surface area contributed by atoms with E-state index in [0.29, 0.717) is 57.1 Å². The molecule has 0 radical (unpaired) electrons. The van der Waals surface area contributed by atoms with Crippen molar-refractivity contribution in [2.24, 2.45) is 17.8 Å². The van der Waals surface area contributed by atoms with Gasteiger partial charge >= 0.3 is 6.18 Å². The number of halogens is 4. The molecule has 5 fully saturated rings. The van der Waals surface area contributed by atoms with Crippen molar-refractivity contribution in [3.63, 3.8) is 0 Å². The molecule has 560 valence electrons. The Hall–Kier alpha value is -7.11. The van der Waals surface area contributed by atoms with Crippen LogP contribution in [-0.2, 0) is 74.9 Å². The summed E-state index contributed by atoms with van der Waals surface area (Å²) in [4.78, 5) is 188. The highest BCUT2D eigenvalue weighted by atomic mass is 32.2. The summed E-state index contributed by atoms with van der Waals surface area (Å²) in [5.74, 6) is -9.97. The second-order valence-electron chi connectivity index (χ2n) is 28.7. The van der Waals surface area contributed by atoms with Crippen LogP contribution in [0.3, 0.4) is 0 Å². The van der Waals surface area contributed by atoms with Crippen LogP contribution in [0.25, 0.3) is 0 Å². The molecule has 1 spiro atoms. The molecule has 3 heterocycles. The first-order chi connectivity index (χ1) is 47.0. The summed E-state index contributed by atoms with van der Waals surface area (Å²) in [5, 5.41) is 8.63. The fourth-order valence-corrected chi connectivity index (χ4v) is 15.3. The van der Waals surface area contributed by atoms with Crippen LogP contribution in [-0.4, -0.2) is 276 Å². The van der Waals surface area contributed by atoms with Gasteiger partial charge in [-0.3, -0.25) is 57.5 Å². The normalized spacial score (nSPS) is 26.9. The maximum atomic E-state index is 15.5. The molecule has 3 saturated heterocycles. The first-order valence-corrected chi connectivity index (χ1v) is 36.5. The highest BCUT2D eigenvalue weighted by molar-refractivity contribution is 8.00. The summed E-state index contributed by atoms with van der Waals surface area (Å²) in [5.41, 5.74) is -3.02. The van der Waals surface area contributed by atoms with E-state index < -0.39 is 155 Å². The van der Waals surface area contributed by atoms with Gasteiger partial charge in [0.25, 0.3) is 0 Å². The largest absolute Gasteiger partial charge is 0.419 e. The first kappa shape index (κ1) is 81.9. The molecule has 100 heavy (non-hydrogen) atoms. The highest BCUT2D eigenvalue weighted by Crippen LogP contribution is 2.38. The number of carbonyl (C=O) groups is 12. The van der Waals surface area contributed by atoms with Gasteiger partial charge < -0.3 is 64.8 Å². The average molecular weight is 1430 g/mol. The average Bonchev–Trinajstić information content (AvgIpc) is 1.38. The lowest BCUT2D eigenvalue weighted by atomic mass is 9.90. The smallest absolute Gasteiger partial charge is 0.379 e. The van der Waals surface area contributed by atoms with Crippen molar-refractivity contribution in [1.82, 2.24) is 60.0 Å². The molecule has 3 N–H and O–H groups in total. The fourth-order valence-electron chi connectivity index (χ4n) is 14.2. The Morgan fingerprint density at radius 2 is 1.37 bits per heavy atom. The van der Waals surface area contributed by atoms with Gasteiger partial charge in [-0.25, -0.2) is 4.39 Å². The Morgan fingerprint density at radius 1 is 0.720 bits per heavy atom. The molecule has 3 aliphatic heterocycles. The second-order valence-corrected chi connectivity index (χ2v) is 29.7. The van der Waals surface area contributed by atoms with Crippen LogP contribution in [0.4, 0.5) is 17.6 Å². The van der Waals surface area contributed by atoms with Gasteiger partial charge in [-0.1, -0.05) is 72.8 Å². The zero-order valence-electron chi connectivity index (χ0n) is 60.9. The summed E-state index contributed by atoms with van der Waals surface area (Å²) in [6.07, 6.45) is 0.114. The second kappa shape index (κ2) is 36.2. The minimum atomic E-state index is -5.01. The quantitative estimate of drug-likeness (QED) is 0.173. The van der Waals surface area contributed by atoms with Crippen molar-refractivity contribution in [2.75, 3.05) is 101 Å². The lowest BCUT2D eigenvalue weighted by Gasteiger charge is -2.45. The van der Waals surface area contributed by atoms with Gasteiger partial charge in [0, 0.05) is 94.3 Å². The number of hydrogen-bond donors (Lipinski definition) is 3. The van der Waals surface area contributed by atoms with E-state index in [0.717, 1.165) is 40.5 Å². The first-order valence-electron chi connectivity index (χ1n) is 35.3. The topological polar surface area (TPSA) is 279 Å². The number of nitrogens with zero attached hydrogens (tertiary/aromatic N) is 9. The third kappa shape index (κ3) is 19.9. The van der Waals surface area contributed by atoms with Gasteiger partial charge in [0.2, 0.25) is 70.9 Å². The van der Waals surface area contributed by atoms with Crippen LogP contribution in [0.15, 0.2) is 18.2 Å². The van der Waals surface area contributed by atoms with E-state index in [1.54, 1.807) is 28.1 Å². The van der Waals surface area contributed by atoms with Crippen molar-refractivity contribution < 1.29 is 79.8 Å². The van der Waals surface area contributed by atoms with Crippen LogP contribution in [0.1, 0.15) is 155 Å². The van der Waals surface area contributed by atoms with Crippen molar-refractivity contribution in [3.05, 3.63) is 35.1 Å². The number of alkyl halides is 3. The van der Waals surface area contributed by atoms with Crippen molar-refractivity contribution in [2.45, 2.75) is 217 Å². The van der Waals surface area contributed by atoms with Crippen molar-refractivity contribution in [1.29, 1.82) is 0 Å². The summed E-state index contributed by atoms with van der Waals surface area (Å²) >= 11 is 1.16. The van der Waals surface area contributed by atoms with E-state index in [1.807, 2.05) is 27.7 Å². The lowest BCUT2D eigenvalue weighted by molar-refractivity contribution is -0.161. The molecule has 30 heteroatoms. The van der Waals surface area contributed by atoms with E-state index in [1.165, 1.54) is 76.5 Å². The molecule has 0 unspecified atom stereocenters. The van der Waals surface area contributed by atoms with Gasteiger partial charge in [-0.15, -0.1) is 11.8 Å². The summed E-state index contributed by atoms with van der Waals surface area (Å²) < 4.78 is 61.9. The third-order valence-corrected chi connectivity index (χ3v) is 22.0. The molecule has 0 aromatic heterocycles. The molecule has 2 aliphatic carbocycles. The predicted octanol–water partition coefficient (Wildman–Crippen LogP) is 4.32. The third-order valence-electron chi connectivity index (χ3n) is 20.9. The number of carbonyl (C=O) groups excluding carboxylic acids is 12. The van der Waals surface area contributed by atoms with Gasteiger partial charge in [-0.05, 0) is 113 Å². The van der Waals surface area contributed by atoms with Crippen LogP contribution in [0.2, 0.25) is 0 Å². The van der Waals surface area contributed by atoms with Gasteiger partial charge in [0.1, 0.15) is 59.7 Å². The number of ether oxygens (including phenoxy) is 1. The maximum absolute atomic E-state index is 15.5. The van der Waals surface area contributed by atoms with E-state index >= 15 is 23.6 Å². The SMILES string of the molecule is CCCOC[C@H]1C(=O)N(C)CC(=O)N[C@@H](CCc2ccc(C(F)(F)F)c(F)c2)C(=O)N2CCC[C@H]2C(=O)NC2(CCCC2)C(=O)N(C)[C@@H](C2CCCC2)C(=O)N(C)[C@H](CC(=O)N(C)C)CSCC(=O)N(C)[C@@H](CC(C)C)C(=O)N[C@@H]([C@@H](C)CC)C(=O)N(C)[C@@H](C)C(=O)N2CC[C@H]2C(=O)N1C. The number of likely N-dealkylation sites (N-methyl/N-ethyl adjacent to an activating group) is 6. The number of nitrogens with one attached hydrogen (secondary N) is 3. The molecule has 2 saturated carbocycles. The zero-order chi connectivity index (χ0) is 74.4. The number of aryl methyl sites for hydroxylation is 1. The Bertz CT molecular complexity index is 3110. The Morgan fingerprint density at radius 3 is 1.95 bits per heavy atom. The molecule has 0 bridgehead atoms. The minimum Gasteiger partial charge on any atom is -0.379 e. The van der Waals surface area contributed by atoms with Gasteiger partial charge in [0.05, 0.1) is 24.5 Å². The molecule has 6 rings (SSSR count). The van der Waals surface area contributed by atoms with Crippen molar-refractivity contribution >= 4 is 82.6 Å². The maximum Gasteiger partial charge on any atom is 0.419 e. The van der Waals surface area contributed by atoms with Crippen LogP contribution >= 0.6 is 11.8 Å². The van der Waals surface area contributed by atoms with Crippen molar-refractivity contribution in [3.8, 4) is 0 Å². The molecule has 25 nitrogen and oxygen atoms in total. The molecular formula is C70H108F4N12O13S. The molecule has 10 atom stereocenters. The number of thioether (sulfide) groups is 1. The van der Waals surface area contributed by atoms with E-state index in [2.05, 4.69) is 16.0 Å². The number of amides is 12.